The van der Waals surface area contributed by atoms with Crippen molar-refractivity contribution in [1.29, 1.82) is 0 Å². The highest BCUT2D eigenvalue weighted by Crippen LogP contribution is 2.42. The second-order valence-electron chi connectivity index (χ2n) is 5.23. The van der Waals surface area contributed by atoms with Gasteiger partial charge in [0.15, 0.2) is 0 Å². The molecule has 2 fully saturated rings. The van der Waals surface area contributed by atoms with E-state index in [-0.39, 0.29) is 6.04 Å². The Hall–Kier alpha value is -0.570. The third-order valence-corrected chi connectivity index (χ3v) is 4.50. The van der Waals surface area contributed by atoms with Crippen LogP contribution in [0, 0.1) is 0 Å². The summed E-state index contributed by atoms with van der Waals surface area (Å²) >= 11 is 6.04. The molecule has 2 atom stereocenters. The van der Waals surface area contributed by atoms with Crippen LogP contribution in [0.15, 0.2) is 24.3 Å². The summed E-state index contributed by atoms with van der Waals surface area (Å²) < 4.78 is 0. The van der Waals surface area contributed by atoms with Gasteiger partial charge in [0.25, 0.3) is 0 Å². The molecule has 0 aliphatic carbocycles. The monoisotopic (exact) mass is 251 g/mol. The van der Waals surface area contributed by atoms with Crippen molar-refractivity contribution in [1.82, 2.24) is 4.90 Å². The summed E-state index contributed by atoms with van der Waals surface area (Å²) in [5.41, 5.74) is 0.296. The molecule has 0 radical (unpaired) electrons. The van der Waals surface area contributed by atoms with Gasteiger partial charge < -0.3 is 5.11 Å². The number of halogens is 1. The topological polar surface area (TPSA) is 23.5 Å². The van der Waals surface area contributed by atoms with Crippen LogP contribution >= 0.6 is 11.6 Å². The Morgan fingerprint density at radius 3 is 3.00 bits per heavy atom. The summed E-state index contributed by atoms with van der Waals surface area (Å²) in [4.78, 5) is 2.43. The van der Waals surface area contributed by atoms with Crippen molar-refractivity contribution >= 4 is 11.6 Å². The predicted octanol–water partition coefficient (Wildman–Crippen LogP) is 2.79. The Kier molecular flexibility index (Phi) is 2.89. The van der Waals surface area contributed by atoms with Crippen molar-refractivity contribution in [3.05, 3.63) is 34.9 Å². The Balaban J connectivity index is 1.95. The maximum absolute atomic E-state index is 11.0. The Bertz CT molecular complexity index is 422. The zero-order valence-electron chi connectivity index (χ0n) is 9.90. The third kappa shape index (κ3) is 1.88. The van der Waals surface area contributed by atoms with E-state index in [1.807, 2.05) is 24.3 Å². The lowest BCUT2D eigenvalue weighted by atomic mass is 9.83. The highest BCUT2D eigenvalue weighted by atomic mass is 35.5. The van der Waals surface area contributed by atoms with Gasteiger partial charge in [-0.2, -0.15) is 0 Å². The molecule has 2 heterocycles. The normalized spacial score (nSPS) is 33.6. The van der Waals surface area contributed by atoms with Crippen LogP contribution < -0.4 is 0 Å². The van der Waals surface area contributed by atoms with Crippen LogP contribution in [0.1, 0.15) is 31.2 Å². The number of fused-ring (bicyclic) bond motifs is 1. The minimum atomic E-state index is -0.689. The second-order valence-corrected chi connectivity index (χ2v) is 5.67. The fourth-order valence-corrected chi connectivity index (χ4v) is 3.56. The molecule has 2 saturated heterocycles. The highest BCUT2D eigenvalue weighted by molar-refractivity contribution is 6.30. The van der Waals surface area contributed by atoms with Crippen molar-refractivity contribution in [2.75, 3.05) is 13.1 Å². The number of aliphatic hydroxyl groups is 1. The van der Waals surface area contributed by atoms with Crippen molar-refractivity contribution in [3.63, 3.8) is 0 Å². The lowest BCUT2D eigenvalue weighted by Crippen LogP contribution is -2.45. The van der Waals surface area contributed by atoms with Crippen LogP contribution in [0.2, 0.25) is 5.02 Å². The molecule has 0 amide bonds. The van der Waals surface area contributed by atoms with Crippen LogP contribution in [0.5, 0.6) is 0 Å². The first kappa shape index (κ1) is 11.5. The molecule has 0 bridgehead atoms. The quantitative estimate of drug-likeness (QED) is 0.830. The first-order valence-corrected chi connectivity index (χ1v) is 6.80. The number of benzene rings is 1. The van der Waals surface area contributed by atoms with Gasteiger partial charge in [0, 0.05) is 17.6 Å². The number of piperidine rings is 1. The Morgan fingerprint density at radius 1 is 1.29 bits per heavy atom. The van der Waals surface area contributed by atoms with E-state index in [4.69, 9.17) is 11.6 Å². The molecule has 3 heteroatoms. The molecule has 2 aliphatic rings. The van der Waals surface area contributed by atoms with E-state index in [9.17, 15) is 5.11 Å². The van der Waals surface area contributed by atoms with Crippen LogP contribution in [-0.4, -0.2) is 29.1 Å². The number of nitrogens with zero attached hydrogens (tertiary/aromatic N) is 1. The third-order valence-electron chi connectivity index (χ3n) is 4.27. The zero-order chi connectivity index (χ0) is 11.9. The zero-order valence-corrected chi connectivity index (χ0v) is 10.7. The molecule has 1 N–H and O–H groups in total. The SMILES string of the molecule is OC1(c2cccc(Cl)c2)CCN2CCCCC21. The number of rotatable bonds is 1. The van der Waals surface area contributed by atoms with E-state index in [1.165, 1.54) is 12.8 Å². The molecule has 0 saturated carbocycles. The molecule has 17 heavy (non-hydrogen) atoms. The molecular weight excluding hydrogens is 234 g/mol. The van der Waals surface area contributed by atoms with E-state index in [1.54, 1.807) is 0 Å². The van der Waals surface area contributed by atoms with Gasteiger partial charge in [-0.05, 0) is 43.5 Å². The van der Waals surface area contributed by atoms with Crippen molar-refractivity contribution < 1.29 is 5.11 Å². The minimum Gasteiger partial charge on any atom is -0.383 e. The molecule has 2 unspecified atom stereocenters. The molecule has 2 aliphatic heterocycles. The molecule has 1 aromatic carbocycles. The van der Waals surface area contributed by atoms with Gasteiger partial charge in [0.05, 0.1) is 0 Å². The number of hydrogen-bond donors (Lipinski definition) is 1. The summed E-state index contributed by atoms with van der Waals surface area (Å²) in [7, 11) is 0. The number of hydrogen-bond acceptors (Lipinski definition) is 2. The van der Waals surface area contributed by atoms with E-state index in [2.05, 4.69) is 4.90 Å². The first-order chi connectivity index (χ1) is 8.20. The van der Waals surface area contributed by atoms with Gasteiger partial charge in [-0.3, -0.25) is 4.90 Å². The van der Waals surface area contributed by atoms with Gasteiger partial charge in [-0.15, -0.1) is 0 Å². The fraction of sp³-hybridized carbons (Fsp3) is 0.571. The smallest absolute Gasteiger partial charge is 0.106 e. The predicted molar refractivity (Wildman–Crippen MR) is 69.2 cm³/mol. The lowest BCUT2D eigenvalue weighted by molar-refractivity contribution is -0.0137. The Morgan fingerprint density at radius 2 is 2.18 bits per heavy atom. The average molecular weight is 252 g/mol. The molecule has 0 aromatic heterocycles. The van der Waals surface area contributed by atoms with Gasteiger partial charge in [-0.25, -0.2) is 0 Å². The summed E-state index contributed by atoms with van der Waals surface area (Å²) in [5.74, 6) is 0. The van der Waals surface area contributed by atoms with Crippen molar-refractivity contribution in [2.24, 2.45) is 0 Å². The van der Waals surface area contributed by atoms with Gasteiger partial charge in [0.1, 0.15) is 5.60 Å². The van der Waals surface area contributed by atoms with Crippen molar-refractivity contribution in [3.8, 4) is 0 Å². The summed E-state index contributed by atoms with van der Waals surface area (Å²) in [6.07, 6.45) is 4.42. The van der Waals surface area contributed by atoms with Gasteiger partial charge in [0.2, 0.25) is 0 Å². The largest absolute Gasteiger partial charge is 0.383 e. The second kappa shape index (κ2) is 4.27. The summed E-state index contributed by atoms with van der Waals surface area (Å²) in [6.45, 7) is 2.14. The van der Waals surface area contributed by atoms with Crippen LogP contribution in [0.3, 0.4) is 0 Å². The van der Waals surface area contributed by atoms with E-state index in [0.717, 1.165) is 31.5 Å². The molecule has 0 spiro atoms. The maximum atomic E-state index is 11.0. The fourth-order valence-electron chi connectivity index (χ4n) is 3.37. The van der Waals surface area contributed by atoms with E-state index < -0.39 is 5.60 Å². The Labute approximate surface area is 107 Å². The molecule has 2 nitrogen and oxygen atoms in total. The van der Waals surface area contributed by atoms with E-state index >= 15 is 0 Å². The summed E-state index contributed by atoms with van der Waals surface area (Å²) in [6, 6.07) is 8.00. The molecule has 1 aromatic rings. The molecule has 92 valence electrons. The first-order valence-electron chi connectivity index (χ1n) is 6.43. The highest BCUT2D eigenvalue weighted by Gasteiger charge is 2.47. The lowest BCUT2D eigenvalue weighted by Gasteiger charge is -2.37. The van der Waals surface area contributed by atoms with Crippen LogP contribution in [0.4, 0.5) is 0 Å². The minimum absolute atomic E-state index is 0.287. The van der Waals surface area contributed by atoms with Crippen LogP contribution in [0.25, 0.3) is 0 Å². The average Bonchev–Trinajstić information content (AvgIpc) is 2.69. The van der Waals surface area contributed by atoms with Crippen LogP contribution in [-0.2, 0) is 5.60 Å². The van der Waals surface area contributed by atoms with Crippen molar-refractivity contribution in [2.45, 2.75) is 37.3 Å². The molecule has 3 rings (SSSR count). The van der Waals surface area contributed by atoms with Gasteiger partial charge >= 0.3 is 0 Å². The summed E-state index contributed by atoms with van der Waals surface area (Å²) in [5, 5.41) is 11.7. The standard InChI is InChI=1S/C14H18ClNO/c15-12-5-3-4-11(10-12)14(17)7-9-16-8-2-1-6-13(14)16/h3-5,10,13,17H,1-2,6-9H2. The maximum Gasteiger partial charge on any atom is 0.106 e. The van der Waals surface area contributed by atoms with E-state index in [0.29, 0.717) is 5.02 Å². The molecular formula is C14H18ClNO. The van der Waals surface area contributed by atoms with Gasteiger partial charge in [-0.1, -0.05) is 30.2 Å².